The van der Waals surface area contributed by atoms with Gasteiger partial charge < -0.3 is 20.2 Å². The number of rotatable bonds is 3. The lowest BCUT2D eigenvalue weighted by Gasteiger charge is -2.38. The molecule has 0 aromatic carbocycles. The standard InChI is InChI=1S/C15H21F3N4O3/c16-15(17,18)14-10(3-19-8-20-14)22-2-1-9(5-22)4-21-6-11(23)13(25)12(24)7-21/h3,8-9,11-13,23-25H,1-2,4-7H2/t9-,11-,12+,13+/m1/s1. The van der Waals surface area contributed by atoms with Gasteiger partial charge in [-0.05, 0) is 12.3 Å². The average Bonchev–Trinajstić information content (AvgIpc) is 3.00. The van der Waals surface area contributed by atoms with Crippen molar-refractivity contribution in [3.8, 4) is 0 Å². The van der Waals surface area contributed by atoms with Crippen molar-refractivity contribution in [1.82, 2.24) is 14.9 Å². The quantitative estimate of drug-likeness (QED) is 0.681. The van der Waals surface area contributed by atoms with Crippen LogP contribution in [0.3, 0.4) is 0 Å². The molecule has 4 atom stereocenters. The van der Waals surface area contributed by atoms with Crippen LogP contribution in [0.1, 0.15) is 12.1 Å². The minimum atomic E-state index is -4.53. The van der Waals surface area contributed by atoms with Gasteiger partial charge in [-0.2, -0.15) is 13.2 Å². The molecule has 7 nitrogen and oxygen atoms in total. The van der Waals surface area contributed by atoms with Crippen molar-refractivity contribution in [3.63, 3.8) is 0 Å². The first-order valence-electron chi connectivity index (χ1n) is 8.14. The van der Waals surface area contributed by atoms with Gasteiger partial charge in [0.25, 0.3) is 0 Å². The number of nitrogens with zero attached hydrogens (tertiary/aromatic N) is 4. The Kier molecular flexibility index (Phi) is 5.14. The lowest BCUT2D eigenvalue weighted by atomic mass is 10.00. The molecule has 0 amide bonds. The summed E-state index contributed by atoms with van der Waals surface area (Å²) in [5.41, 5.74) is -0.957. The van der Waals surface area contributed by atoms with Crippen LogP contribution in [0, 0.1) is 5.92 Å². The van der Waals surface area contributed by atoms with Gasteiger partial charge in [0.05, 0.1) is 24.1 Å². The maximum Gasteiger partial charge on any atom is 0.435 e. The van der Waals surface area contributed by atoms with Crippen molar-refractivity contribution < 1.29 is 28.5 Å². The van der Waals surface area contributed by atoms with E-state index in [9.17, 15) is 28.5 Å². The van der Waals surface area contributed by atoms with E-state index >= 15 is 0 Å². The first-order valence-corrected chi connectivity index (χ1v) is 8.14. The second-order valence-corrected chi connectivity index (χ2v) is 6.70. The largest absolute Gasteiger partial charge is 0.435 e. The van der Waals surface area contributed by atoms with Crippen molar-refractivity contribution in [2.75, 3.05) is 37.6 Å². The van der Waals surface area contributed by atoms with Gasteiger partial charge in [-0.25, -0.2) is 9.97 Å². The van der Waals surface area contributed by atoms with Gasteiger partial charge in [0, 0.05) is 32.7 Å². The van der Waals surface area contributed by atoms with E-state index in [0.29, 0.717) is 26.1 Å². The highest BCUT2D eigenvalue weighted by molar-refractivity contribution is 5.50. The van der Waals surface area contributed by atoms with Gasteiger partial charge in [0.1, 0.15) is 12.4 Å². The topological polar surface area (TPSA) is 93.0 Å². The van der Waals surface area contributed by atoms with Crippen LogP contribution in [0.15, 0.2) is 12.5 Å². The first kappa shape index (κ1) is 18.3. The Balaban J connectivity index is 1.63. The van der Waals surface area contributed by atoms with E-state index in [0.717, 1.165) is 6.33 Å². The van der Waals surface area contributed by atoms with E-state index in [1.807, 2.05) is 4.90 Å². The molecule has 0 radical (unpaired) electrons. The normalized spacial score (nSPS) is 31.5. The Morgan fingerprint density at radius 1 is 1.12 bits per heavy atom. The van der Waals surface area contributed by atoms with Crippen molar-refractivity contribution in [1.29, 1.82) is 0 Å². The molecule has 2 fully saturated rings. The van der Waals surface area contributed by atoms with Crippen LogP contribution in [0.5, 0.6) is 0 Å². The summed E-state index contributed by atoms with van der Waals surface area (Å²) in [7, 11) is 0. The van der Waals surface area contributed by atoms with E-state index in [-0.39, 0.29) is 24.7 Å². The number of aliphatic hydroxyl groups excluding tert-OH is 3. The molecule has 10 heteroatoms. The molecule has 3 heterocycles. The van der Waals surface area contributed by atoms with E-state index in [1.54, 1.807) is 4.90 Å². The fourth-order valence-corrected chi connectivity index (χ4v) is 3.56. The molecule has 2 aliphatic heterocycles. The molecule has 0 saturated carbocycles. The highest BCUT2D eigenvalue weighted by Gasteiger charge is 2.39. The Bertz CT molecular complexity index is 592. The van der Waals surface area contributed by atoms with Crippen molar-refractivity contribution >= 4 is 5.69 Å². The number of aromatic nitrogens is 2. The zero-order valence-corrected chi connectivity index (χ0v) is 13.5. The molecule has 140 valence electrons. The number of hydrogen-bond donors (Lipinski definition) is 3. The van der Waals surface area contributed by atoms with Crippen molar-refractivity contribution in [3.05, 3.63) is 18.2 Å². The molecule has 1 aromatic heterocycles. The third-order valence-corrected chi connectivity index (χ3v) is 4.78. The Morgan fingerprint density at radius 3 is 2.44 bits per heavy atom. The highest BCUT2D eigenvalue weighted by atomic mass is 19.4. The minimum absolute atomic E-state index is 0.0216. The zero-order chi connectivity index (χ0) is 18.2. The van der Waals surface area contributed by atoms with Crippen LogP contribution in [-0.4, -0.2) is 81.2 Å². The molecule has 3 N–H and O–H groups in total. The molecule has 25 heavy (non-hydrogen) atoms. The molecular weight excluding hydrogens is 341 g/mol. The third-order valence-electron chi connectivity index (χ3n) is 4.78. The Hall–Kier alpha value is -1.49. The average molecular weight is 362 g/mol. The Morgan fingerprint density at radius 2 is 1.80 bits per heavy atom. The Labute approximate surface area is 142 Å². The van der Waals surface area contributed by atoms with Gasteiger partial charge in [-0.1, -0.05) is 0 Å². The highest BCUT2D eigenvalue weighted by Crippen LogP contribution is 2.36. The molecule has 3 rings (SSSR count). The summed E-state index contributed by atoms with van der Waals surface area (Å²) >= 11 is 0. The fourth-order valence-electron chi connectivity index (χ4n) is 3.56. The molecule has 2 aliphatic rings. The van der Waals surface area contributed by atoms with E-state index < -0.39 is 30.2 Å². The number of likely N-dealkylation sites (tertiary alicyclic amines) is 1. The summed E-state index contributed by atoms with van der Waals surface area (Å²) in [5, 5.41) is 29.1. The summed E-state index contributed by atoms with van der Waals surface area (Å²) in [6.07, 6.45) is -4.98. The lowest BCUT2D eigenvalue weighted by Crippen LogP contribution is -2.56. The van der Waals surface area contributed by atoms with Crippen LogP contribution in [0.4, 0.5) is 18.9 Å². The molecule has 0 bridgehead atoms. The summed E-state index contributed by atoms with van der Waals surface area (Å²) in [6, 6.07) is 0. The van der Waals surface area contributed by atoms with Crippen LogP contribution in [0.25, 0.3) is 0 Å². The second kappa shape index (κ2) is 7.02. The fraction of sp³-hybridized carbons (Fsp3) is 0.733. The van der Waals surface area contributed by atoms with E-state index in [4.69, 9.17) is 0 Å². The minimum Gasteiger partial charge on any atom is -0.389 e. The van der Waals surface area contributed by atoms with Crippen LogP contribution in [-0.2, 0) is 6.18 Å². The van der Waals surface area contributed by atoms with E-state index in [1.165, 1.54) is 6.20 Å². The number of anilines is 1. The van der Waals surface area contributed by atoms with Crippen LogP contribution >= 0.6 is 0 Å². The summed E-state index contributed by atoms with van der Waals surface area (Å²) in [4.78, 5) is 10.6. The van der Waals surface area contributed by atoms with Gasteiger partial charge in [0.2, 0.25) is 0 Å². The summed E-state index contributed by atoms with van der Waals surface area (Å²) in [5.74, 6) is 0.0935. The molecule has 0 aliphatic carbocycles. The van der Waals surface area contributed by atoms with Gasteiger partial charge in [-0.15, -0.1) is 0 Å². The number of β-amino-alcohol motifs (C(OH)–C–C–N with tert-alkyl or cyclic N) is 2. The number of alkyl halides is 3. The van der Waals surface area contributed by atoms with Crippen LogP contribution < -0.4 is 4.90 Å². The van der Waals surface area contributed by atoms with E-state index in [2.05, 4.69) is 9.97 Å². The molecule has 1 aromatic rings. The maximum atomic E-state index is 13.1. The van der Waals surface area contributed by atoms with Crippen molar-refractivity contribution in [2.24, 2.45) is 5.92 Å². The van der Waals surface area contributed by atoms with Gasteiger partial charge in [-0.3, -0.25) is 4.90 Å². The molecule has 0 spiro atoms. The number of aliphatic hydroxyl groups is 3. The second-order valence-electron chi connectivity index (χ2n) is 6.70. The monoisotopic (exact) mass is 362 g/mol. The van der Waals surface area contributed by atoms with Crippen LogP contribution in [0.2, 0.25) is 0 Å². The SMILES string of the molecule is O[C@H]1[C@H](O)CN(C[C@H]2CCN(c3cncnc3C(F)(F)F)C2)C[C@@H]1O. The summed E-state index contributed by atoms with van der Waals surface area (Å²) in [6.45, 7) is 1.88. The zero-order valence-electron chi connectivity index (χ0n) is 13.5. The molecule has 2 saturated heterocycles. The number of hydrogen-bond acceptors (Lipinski definition) is 7. The predicted molar refractivity (Wildman–Crippen MR) is 81.8 cm³/mol. The smallest absolute Gasteiger partial charge is 0.389 e. The lowest BCUT2D eigenvalue weighted by molar-refractivity contribution is -0.140. The first-order chi connectivity index (χ1) is 11.8. The summed E-state index contributed by atoms with van der Waals surface area (Å²) < 4.78 is 39.3. The van der Waals surface area contributed by atoms with Gasteiger partial charge in [0.15, 0.2) is 5.69 Å². The molecule has 0 unspecified atom stereocenters. The van der Waals surface area contributed by atoms with Crippen molar-refractivity contribution in [2.45, 2.75) is 30.9 Å². The number of halogens is 3. The predicted octanol–water partition coefficient (Wildman–Crippen LogP) is -0.280. The number of piperidine rings is 1. The third kappa shape index (κ3) is 4.02. The maximum absolute atomic E-state index is 13.1. The van der Waals surface area contributed by atoms with Gasteiger partial charge >= 0.3 is 6.18 Å². The molecular formula is C15H21F3N4O3.